The number of carbonyl (C=O) groups excluding carboxylic acids is 3. The van der Waals surface area contributed by atoms with Gasteiger partial charge in [-0.2, -0.15) is 0 Å². The number of allylic oxidation sites excluding steroid dienone is 1. The molecule has 1 aromatic rings. The summed E-state index contributed by atoms with van der Waals surface area (Å²) in [5, 5.41) is 5.57. The molecule has 146 valence electrons. The van der Waals surface area contributed by atoms with E-state index in [9.17, 15) is 14.4 Å². The van der Waals surface area contributed by atoms with E-state index in [1.807, 2.05) is 0 Å². The first-order valence-electron chi connectivity index (χ1n) is 8.23. The molecule has 2 rings (SSSR count). The number of hydrogen-bond donors (Lipinski definition) is 2. The van der Waals surface area contributed by atoms with Gasteiger partial charge in [0.25, 0.3) is 0 Å². The van der Waals surface area contributed by atoms with E-state index < -0.39 is 18.0 Å². The second-order valence-electron chi connectivity index (χ2n) is 5.75. The minimum absolute atomic E-state index is 0.189. The Balaban J connectivity index is 2.55. The molecule has 0 radical (unpaired) electrons. The van der Waals surface area contributed by atoms with Gasteiger partial charge in [0.2, 0.25) is 0 Å². The third-order valence-corrected chi connectivity index (χ3v) is 4.09. The van der Waals surface area contributed by atoms with Crippen LogP contribution in [0.2, 0.25) is 5.02 Å². The van der Waals surface area contributed by atoms with Crippen molar-refractivity contribution in [1.82, 2.24) is 10.6 Å². The van der Waals surface area contributed by atoms with Crippen molar-refractivity contribution in [1.29, 1.82) is 0 Å². The Hall–Kier alpha value is -2.74. The largest absolute Gasteiger partial charge is 0.493 e. The lowest BCUT2D eigenvalue weighted by molar-refractivity contribution is -0.145. The Bertz CT molecular complexity index is 805. The molecule has 0 saturated heterocycles. The summed E-state index contributed by atoms with van der Waals surface area (Å²) < 4.78 is 15.8. The topological polar surface area (TPSA) is 103 Å². The number of rotatable bonds is 7. The maximum absolute atomic E-state index is 12.2. The third-order valence-electron chi connectivity index (χ3n) is 3.87. The second kappa shape index (κ2) is 8.77. The summed E-state index contributed by atoms with van der Waals surface area (Å²) in [6.07, 6.45) is 0. The lowest BCUT2D eigenvalue weighted by atomic mass is 9.92. The molecule has 8 nitrogen and oxygen atoms in total. The van der Waals surface area contributed by atoms with Gasteiger partial charge in [0.05, 0.1) is 19.8 Å². The predicted octanol–water partition coefficient (Wildman–Crippen LogP) is 2.51. The third kappa shape index (κ3) is 4.71. The smallest absolute Gasteiger partial charge is 0.344 e. The molecule has 1 aliphatic heterocycles. The number of nitrogens with one attached hydrogen (secondary N) is 2. The molecule has 0 aromatic heterocycles. The number of halogens is 1. The van der Waals surface area contributed by atoms with Crippen LogP contribution in [0.15, 0.2) is 23.4 Å². The Morgan fingerprint density at radius 1 is 1.30 bits per heavy atom. The minimum atomic E-state index is -0.818. The van der Waals surface area contributed by atoms with E-state index >= 15 is 0 Å². The maximum Gasteiger partial charge on any atom is 0.344 e. The van der Waals surface area contributed by atoms with Crippen LogP contribution in [0.3, 0.4) is 0 Å². The van der Waals surface area contributed by atoms with E-state index in [0.29, 0.717) is 21.9 Å². The van der Waals surface area contributed by atoms with Gasteiger partial charge >= 0.3 is 12.0 Å². The highest BCUT2D eigenvalue weighted by molar-refractivity contribution is 6.30. The SMILES string of the molecule is CCOC(=O)COc1c(OC)cc(Cl)cc1[C@@H]1NC(=O)NC(C)=C1C(C)=O. The van der Waals surface area contributed by atoms with Crippen molar-refractivity contribution in [3.63, 3.8) is 0 Å². The first-order chi connectivity index (χ1) is 12.8. The van der Waals surface area contributed by atoms with Gasteiger partial charge in [0.1, 0.15) is 0 Å². The van der Waals surface area contributed by atoms with Crippen LogP contribution in [0.5, 0.6) is 11.5 Å². The summed E-state index contributed by atoms with van der Waals surface area (Å²) in [4.78, 5) is 35.8. The number of urea groups is 1. The molecule has 0 saturated carbocycles. The first-order valence-corrected chi connectivity index (χ1v) is 8.61. The maximum atomic E-state index is 12.2. The molecule has 0 bridgehead atoms. The van der Waals surface area contributed by atoms with Crippen LogP contribution in [0.1, 0.15) is 32.4 Å². The first kappa shape index (κ1) is 20.6. The number of methoxy groups -OCH3 is 1. The molecule has 1 aliphatic rings. The summed E-state index contributed by atoms with van der Waals surface area (Å²) in [7, 11) is 1.42. The van der Waals surface area contributed by atoms with Crippen molar-refractivity contribution < 1.29 is 28.6 Å². The van der Waals surface area contributed by atoms with Crippen molar-refractivity contribution in [3.8, 4) is 11.5 Å². The van der Waals surface area contributed by atoms with Crippen molar-refractivity contribution in [3.05, 3.63) is 34.0 Å². The molecular weight excluding hydrogens is 376 g/mol. The zero-order valence-electron chi connectivity index (χ0n) is 15.5. The molecule has 1 aromatic carbocycles. The molecule has 0 unspecified atom stereocenters. The molecule has 0 fully saturated rings. The fourth-order valence-electron chi connectivity index (χ4n) is 2.84. The van der Waals surface area contributed by atoms with Gasteiger partial charge in [-0.05, 0) is 26.8 Å². The lowest BCUT2D eigenvalue weighted by Gasteiger charge is -2.29. The average Bonchev–Trinajstić information content (AvgIpc) is 2.58. The number of amides is 2. The number of ketones is 1. The van der Waals surface area contributed by atoms with Gasteiger partial charge in [0, 0.05) is 27.9 Å². The quantitative estimate of drug-likeness (QED) is 0.686. The van der Waals surface area contributed by atoms with E-state index in [1.54, 1.807) is 19.9 Å². The highest BCUT2D eigenvalue weighted by Crippen LogP contribution is 2.41. The zero-order chi connectivity index (χ0) is 20.1. The Morgan fingerprint density at radius 2 is 2.00 bits per heavy atom. The van der Waals surface area contributed by atoms with Crippen molar-refractivity contribution in [2.75, 3.05) is 20.3 Å². The van der Waals surface area contributed by atoms with Gasteiger partial charge in [-0.15, -0.1) is 0 Å². The summed E-state index contributed by atoms with van der Waals surface area (Å²) in [5.74, 6) is -0.350. The van der Waals surface area contributed by atoms with Crippen LogP contribution in [-0.4, -0.2) is 38.1 Å². The number of benzene rings is 1. The van der Waals surface area contributed by atoms with Gasteiger partial charge in [-0.25, -0.2) is 9.59 Å². The number of ether oxygens (including phenoxy) is 3. The average molecular weight is 397 g/mol. The van der Waals surface area contributed by atoms with E-state index in [4.69, 9.17) is 25.8 Å². The summed E-state index contributed by atoms with van der Waals surface area (Å²) in [6, 6.07) is 1.77. The van der Waals surface area contributed by atoms with Crippen LogP contribution in [0.4, 0.5) is 4.79 Å². The molecular formula is C18H21ClN2O6. The van der Waals surface area contributed by atoms with E-state index in [2.05, 4.69) is 10.6 Å². The van der Waals surface area contributed by atoms with Crippen LogP contribution in [0, 0.1) is 0 Å². The zero-order valence-corrected chi connectivity index (χ0v) is 16.2. The van der Waals surface area contributed by atoms with E-state index in [1.165, 1.54) is 20.1 Å². The highest BCUT2D eigenvalue weighted by atomic mass is 35.5. The molecule has 0 spiro atoms. The summed E-state index contributed by atoms with van der Waals surface area (Å²) >= 11 is 6.18. The monoisotopic (exact) mass is 396 g/mol. The fourth-order valence-corrected chi connectivity index (χ4v) is 3.05. The molecule has 1 heterocycles. The Kier molecular flexibility index (Phi) is 6.68. The standard InChI is InChI=1S/C18H21ClN2O6/c1-5-26-14(23)8-27-17-12(6-11(19)7-13(17)25-4)16-15(10(3)22)9(2)20-18(24)21-16/h6-7,16H,5,8H2,1-4H3,(H2,20,21,24)/t16-/m0/s1. The highest BCUT2D eigenvalue weighted by Gasteiger charge is 2.33. The van der Waals surface area contributed by atoms with Gasteiger partial charge in [-0.3, -0.25) is 4.79 Å². The second-order valence-corrected chi connectivity index (χ2v) is 6.18. The number of hydrogen-bond acceptors (Lipinski definition) is 6. The van der Waals surface area contributed by atoms with E-state index in [-0.39, 0.29) is 30.5 Å². The van der Waals surface area contributed by atoms with Crippen LogP contribution >= 0.6 is 11.6 Å². The van der Waals surface area contributed by atoms with Crippen molar-refractivity contribution >= 4 is 29.4 Å². The summed E-state index contributed by atoms with van der Waals surface area (Å²) in [5.41, 5.74) is 1.16. The summed E-state index contributed by atoms with van der Waals surface area (Å²) in [6.45, 7) is 4.56. The lowest BCUT2D eigenvalue weighted by Crippen LogP contribution is -2.44. The van der Waals surface area contributed by atoms with Crippen LogP contribution in [0.25, 0.3) is 0 Å². The van der Waals surface area contributed by atoms with Gasteiger partial charge < -0.3 is 24.8 Å². The van der Waals surface area contributed by atoms with E-state index in [0.717, 1.165) is 0 Å². The number of Topliss-reactive ketones (excluding diaryl/α,β-unsaturated/α-hetero) is 1. The molecule has 2 N–H and O–H groups in total. The molecule has 9 heteroatoms. The fraction of sp³-hybridized carbons (Fsp3) is 0.389. The number of esters is 1. The van der Waals surface area contributed by atoms with Crippen molar-refractivity contribution in [2.24, 2.45) is 0 Å². The van der Waals surface area contributed by atoms with Crippen LogP contribution in [-0.2, 0) is 14.3 Å². The van der Waals surface area contributed by atoms with Gasteiger partial charge in [-0.1, -0.05) is 11.6 Å². The molecule has 27 heavy (non-hydrogen) atoms. The van der Waals surface area contributed by atoms with Crippen LogP contribution < -0.4 is 20.1 Å². The van der Waals surface area contributed by atoms with Gasteiger partial charge in [0.15, 0.2) is 23.9 Å². The normalized spacial score (nSPS) is 16.3. The predicted molar refractivity (Wildman–Crippen MR) is 97.9 cm³/mol. The van der Waals surface area contributed by atoms with Crippen molar-refractivity contribution in [2.45, 2.75) is 26.8 Å². The molecule has 2 amide bonds. The molecule has 1 atom stereocenters. The minimum Gasteiger partial charge on any atom is -0.493 e. The Morgan fingerprint density at radius 3 is 2.59 bits per heavy atom. The number of carbonyl (C=O) groups is 3. The Labute approximate surface area is 161 Å². The molecule has 0 aliphatic carbocycles.